The van der Waals surface area contributed by atoms with E-state index in [2.05, 4.69) is 9.97 Å². The summed E-state index contributed by atoms with van der Waals surface area (Å²) in [6, 6.07) is 7.31. The Morgan fingerprint density at radius 1 is 1.18 bits per heavy atom. The highest BCUT2D eigenvalue weighted by Gasteiger charge is 2.29. The molecule has 1 aromatic heterocycles. The maximum Gasteiger partial charge on any atom is 0.254 e. The van der Waals surface area contributed by atoms with E-state index < -0.39 is 5.82 Å². The van der Waals surface area contributed by atoms with Crippen LogP contribution >= 0.6 is 23.4 Å². The number of hydrogen-bond donors (Lipinski definition) is 0. The number of morpholine rings is 1. The molecule has 2 aromatic rings. The van der Waals surface area contributed by atoms with Gasteiger partial charge in [-0.25, -0.2) is 14.4 Å². The molecule has 2 amide bonds. The molecule has 0 aliphatic carbocycles. The van der Waals surface area contributed by atoms with E-state index in [9.17, 15) is 14.0 Å². The van der Waals surface area contributed by atoms with Gasteiger partial charge in [-0.15, -0.1) is 0 Å². The molecule has 11 heteroatoms. The molecule has 2 aliphatic heterocycles. The van der Waals surface area contributed by atoms with Gasteiger partial charge >= 0.3 is 0 Å². The lowest BCUT2D eigenvalue weighted by Crippen LogP contribution is -2.54. The summed E-state index contributed by atoms with van der Waals surface area (Å²) in [7, 11) is 0. The summed E-state index contributed by atoms with van der Waals surface area (Å²) in [5, 5.41) is 0.734. The van der Waals surface area contributed by atoms with Gasteiger partial charge in [0.25, 0.3) is 5.91 Å². The Bertz CT molecular complexity index is 1020. The molecule has 1 unspecified atom stereocenters. The lowest BCUT2D eigenvalue weighted by atomic mass is 10.1. The number of nitrogens with zero attached hydrogens (tertiary/aromatic N) is 5. The first-order valence-corrected chi connectivity index (χ1v) is 12.1. The van der Waals surface area contributed by atoms with Crippen molar-refractivity contribution in [2.24, 2.45) is 0 Å². The fourth-order valence-electron chi connectivity index (χ4n) is 3.90. The third kappa shape index (κ3) is 5.93. The van der Waals surface area contributed by atoms with Gasteiger partial charge < -0.3 is 19.4 Å². The van der Waals surface area contributed by atoms with Crippen molar-refractivity contribution >= 4 is 41.0 Å². The van der Waals surface area contributed by atoms with Crippen molar-refractivity contribution in [2.45, 2.75) is 18.1 Å². The Kier molecular flexibility index (Phi) is 7.67. The second kappa shape index (κ2) is 10.7. The van der Waals surface area contributed by atoms with Gasteiger partial charge in [0.05, 0.1) is 19.0 Å². The molecule has 176 valence electrons. The second-order valence-electron chi connectivity index (χ2n) is 7.92. The number of benzene rings is 1. The Balaban J connectivity index is 1.38. The molecule has 1 atom stereocenters. The third-order valence-corrected chi connectivity index (χ3v) is 6.66. The normalized spacial score (nSPS) is 19.0. The van der Waals surface area contributed by atoms with Crippen LogP contribution in [-0.2, 0) is 9.53 Å². The first-order chi connectivity index (χ1) is 15.9. The maximum absolute atomic E-state index is 13.5. The van der Waals surface area contributed by atoms with Gasteiger partial charge in [-0.2, -0.15) is 0 Å². The van der Waals surface area contributed by atoms with Crippen LogP contribution in [0, 0.1) is 5.82 Å². The Morgan fingerprint density at radius 2 is 1.97 bits per heavy atom. The summed E-state index contributed by atoms with van der Waals surface area (Å²) in [6.45, 7) is 5.81. The number of piperazine rings is 1. The van der Waals surface area contributed by atoms with Gasteiger partial charge in [0, 0.05) is 50.4 Å². The first kappa shape index (κ1) is 23.7. The largest absolute Gasteiger partial charge is 0.378 e. The predicted molar refractivity (Wildman–Crippen MR) is 124 cm³/mol. The second-order valence-corrected chi connectivity index (χ2v) is 9.25. The van der Waals surface area contributed by atoms with Gasteiger partial charge in [0.1, 0.15) is 16.8 Å². The lowest BCUT2D eigenvalue weighted by Gasteiger charge is -2.40. The topological polar surface area (TPSA) is 78.9 Å². The van der Waals surface area contributed by atoms with Gasteiger partial charge in [-0.05, 0) is 25.1 Å². The Hall–Kier alpha value is -2.43. The molecule has 2 aliphatic rings. The summed E-state index contributed by atoms with van der Waals surface area (Å²) in [5.74, 6) is 0.277. The van der Waals surface area contributed by atoms with Crippen LogP contribution in [0.1, 0.15) is 17.3 Å². The van der Waals surface area contributed by atoms with Crippen LogP contribution in [-0.4, -0.2) is 89.3 Å². The molecule has 0 N–H and O–H groups in total. The molecular formula is C22H25ClFN5O3S. The summed E-state index contributed by atoms with van der Waals surface area (Å²) in [6.07, 6.45) is 0. The van der Waals surface area contributed by atoms with E-state index in [1.165, 1.54) is 30.0 Å². The number of carbonyl (C=O) groups excluding carboxylic acids is 2. The van der Waals surface area contributed by atoms with Crippen molar-refractivity contribution in [2.75, 3.05) is 56.6 Å². The average Bonchev–Trinajstić information content (AvgIpc) is 2.82. The zero-order chi connectivity index (χ0) is 23.4. The monoisotopic (exact) mass is 493 g/mol. The highest BCUT2D eigenvalue weighted by molar-refractivity contribution is 7.99. The summed E-state index contributed by atoms with van der Waals surface area (Å²) in [4.78, 5) is 39.7. The molecule has 1 aromatic carbocycles. The van der Waals surface area contributed by atoms with Crippen LogP contribution in [0.25, 0.3) is 0 Å². The Morgan fingerprint density at radius 3 is 2.70 bits per heavy atom. The van der Waals surface area contributed by atoms with Gasteiger partial charge in [0.2, 0.25) is 5.91 Å². The molecule has 0 saturated carbocycles. The van der Waals surface area contributed by atoms with Crippen LogP contribution in [0.2, 0.25) is 5.15 Å². The molecule has 0 spiro atoms. The highest BCUT2D eigenvalue weighted by atomic mass is 35.5. The lowest BCUT2D eigenvalue weighted by molar-refractivity contribution is -0.132. The Labute approximate surface area is 201 Å². The number of halogens is 2. The van der Waals surface area contributed by atoms with E-state index in [0.29, 0.717) is 67.6 Å². The first-order valence-electron chi connectivity index (χ1n) is 10.7. The van der Waals surface area contributed by atoms with E-state index in [0.717, 1.165) is 0 Å². The van der Waals surface area contributed by atoms with E-state index >= 15 is 0 Å². The third-order valence-electron chi connectivity index (χ3n) is 5.63. The number of aromatic nitrogens is 2. The minimum Gasteiger partial charge on any atom is -0.378 e. The fourth-order valence-corrected chi connectivity index (χ4v) is 4.88. The van der Waals surface area contributed by atoms with Crippen molar-refractivity contribution in [3.05, 3.63) is 46.9 Å². The van der Waals surface area contributed by atoms with E-state index in [1.807, 2.05) is 11.8 Å². The quantitative estimate of drug-likeness (QED) is 0.360. The number of thioether (sulfide) groups is 1. The summed E-state index contributed by atoms with van der Waals surface area (Å²) < 4.78 is 18.8. The zero-order valence-electron chi connectivity index (χ0n) is 18.2. The van der Waals surface area contributed by atoms with Crippen molar-refractivity contribution in [1.29, 1.82) is 0 Å². The number of rotatable bonds is 5. The number of hydrogen-bond acceptors (Lipinski definition) is 7. The molecule has 3 heterocycles. The van der Waals surface area contributed by atoms with E-state index in [4.69, 9.17) is 16.3 Å². The molecule has 2 fully saturated rings. The fraction of sp³-hybridized carbons (Fsp3) is 0.455. The summed E-state index contributed by atoms with van der Waals surface area (Å²) >= 11 is 7.49. The molecule has 8 nitrogen and oxygen atoms in total. The smallest absolute Gasteiger partial charge is 0.254 e. The van der Waals surface area contributed by atoms with Gasteiger partial charge in [-0.1, -0.05) is 29.4 Å². The molecule has 4 rings (SSSR count). The van der Waals surface area contributed by atoms with Crippen LogP contribution < -0.4 is 4.90 Å². The van der Waals surface area contributed by atoms with Crippen LogP contribution in [0.5, 0.6) is 0 Å². The number of amides is 2. The van der Waals surface area contributed by atoms with Gasteiger partial charge in [0.15, 0.2) is 5.16 Å². The van der Waals surface area contributed by atoms with Crippen molar-refractivity contribution in [1.82, 2.24) is 19.8 Å². The van der Waals surface area contributed by atoms with Crippen LogP contribution in [0.4, 0.5) is 10.2 Å². The van der Waals surface area contributed by atoms with Crippen molar-refractivity contribution in [3.8, 4) is 0 Å². The highest BCUT2D eigenvalue weighted by Crippen LogP contribution is 2.25. The molecular weight excluding hydrogens is 469 g/mol. The zero-order valence-corrected chi connectivity index (χ0v) is 19.8. The molecule has 33 heavy (non-hydrogen) atoms. The van der Waals surface area contributed by atoms with Crippen LogP contribution in [0.3, 0.4) is 0 Å². The van der Waals surface area contributed by atoms with Crippen molar-refractivity contribution in [3.63, 3.8) is 0 Å². The molecule has 0 bridgehead atoms. The minimum absolute atomic E-state index is 0.0199. The predicted octanol–water partition coefficient (Wildman–Crippen LogP) is 2.57. The van der Waals surface area contributed by atoms with E-state index in [1.54, 1.807) is 21.9 Å². The molecule has 2 saturated heterocycles. The van der Waals surface area contributed by atoms with Gasteiger partial charge in [-0.3, -0.25) is 9.59 Å². The SMILES string of the molecule is CC1CN(c2cc(Cl)nc(SCC(=O)N3CCOCC3)n2)CCN1C(=O)c1cccc(F)c1. The van der Waals surface area contributed by atoms with E-state index in [-0.39, 0.29) is 23.6 Å². The minimum atomic E-state index is -0.431. The number of carbonyl (C=O) groups is 2. The maximum atomic E-state index is 13.5. The summed E-state index contributed by atoms with van der Waals surface area (Å²) in [5.41, 5.74) is 0.337. The number of anilines is 1. The molecule has 0 radical (unpaired) electrons. The number of ether oxygens (including phenoxy) is 1. The van der Waals surface area contributed by atoms with Crippen LogP contribution in [0.15, 0.2) is 35.5 Å². The van der Waals surface area contributed by atoms with Crippen molar-refractivity contribution < 1.29 is 18.7 Å². The average molecular weight is 494 g/mol. The standard InChI is InChI=1S/C22H25ClFN5O3S/c1-15-13-28(5-6-29(15)21(31)16-3-2-4-17(24)11-16)19-12-18(23)25-22(26-19)33-14-20(30)27-7-9-32-10-8-27/h2-4,11-12,15H,5-10,13-14H2,1H3.